The maximum atomic E-state index is 0. The molecule has 0 nitrogen and oxygen atoms in total. The summed E-state index contributed by atoms with van der Waals surface area (Å²) in [5.74, 6) is 0. The minimum Gasteiger partial charge on any atom is -1.00 e. The molecule has 0 aromatic carbocycles. The molecule has 0 saturated carbocycles. The van der Waals surface area contributed by atoms with Gasteiger partial charge in [0.25, 0.3) is 0 Å². The van der Waals surface area contributed by atoms with Crippen molar-refractivity contribution < 1.29 is 84.9 Å². The smallest absolute Gasteiger partial charge is 1.00 e. The molecule has 0 aromatic rings. The van der Waals surface area contributed by atoms with Crippen molar-refractivity contribution >= 4 is 42.8 Å². The van der Waals surface area contributed by atoms with Gasteiger partial charge in [0.15, 0.2) is 0 Å². The average molecular weight is 494 g/mol. The fraction of sp³-hybridized carbons (Fsp3) is 0. The van der Waals surface area contributed by atoms with Crippen LogP contribution < -0.4 is 84.9 Å². The summed E-state index contributed by atoms with van der Waals surface area (Å²) in [6, 6.07) is 0. The van der Waals surface area contributed by atoms with Crippen LogP contribution in [0.3, 0.4) is 0 Å². The summed E-state index contributed by atoms with van der Waals surface area (Å²) in [6.45, 7) is 0. The van der Waals surface area contributed by atoms with E-state index in [0.29, 0.717) is 0 Å². The number of rotatable bonds is 0. The Hall–Kier alpha value is 3.80. The quantitative estimate of drug-likeness (QED) is 0.294. The van der Waals surface area contributed by atoms with Gasteiger partial charge < -0.3 is 84.9 Å². The van der Waals surface area contributed by atoms with Gasteiger partial charge in [0.1, 0.15) is 0 Å². The van der Waals surface area contributed by atoms with E-state index in [1.54, 1.807) is 0 Å². The first kappa shape index (κ1) is 71.8. The maximum Gasteiger partial charge on any atom is 3.00 e. The Bertz CT molecular complexity index is 8.04. The molecule has 7 heteroatoms. The molecule has 0 aromatic heterocycles. The van der Waals surface area contributed by atoms with Crippen molar-refractivity contribution in [2.45, 2.75) is 0 Å². The predicted molar refractivity (Wildman–Crippen MR) is 11.5 cm³/mol. The summed E-state index contributed by atoms with van der Waals surface area (Å²) in [5.41, 5.74) is 0. The van der Waals surface area contributed by atoms with Crippen LogP contribution in [-0.4, -0.2) is 42.8 Å². The van der Waals surface area contributed by atoms with Gasteiger partial charge in [-0.15, -0.1) is 0 Å². The third kappa shape index (κ3) is 41.3. The molecular weight excluding hydrogens is 494 g/mol. The van der Waals surface area contributed by atoms with Crippen molar-refractivity contribution in [3.63, 3.8) is 0 Å². The van der Waals surface area contributed by atoms with E-state index in [4.69, 9.17) is 0 Å². The van der Waals surface area contributed by atoms with E-state index in [9.17, 15) is 0 Å². The zero-order valence-electron chi connectivity index (χ0n) is 3.17. The molecule has 0 saturated heterocycles. The van der Waals surface area contributed by atoms with Crippen LogP contribution in [0.15, 0.2) is 0 Å². The molecule has 0 unspecified atom stereocenters. The first-order valence-electron chi connectivity index (χ1n) is 0. The van der Waals surface area contributed by atoms with Gasteiger partial charge in [-0.3, -0.25) is 0 Å². The van der Waals surface area contributed by atoms with Crippen LogP contribution in [0.2, 0.25) is 0 Å². The van der Waals surface area contributed by atoms with E-state index in [1.807, 2.05) is 0 Å². The van der Waals surface area contributed by atoms with Gasteiger partial charge in [-0.1, -0.05) is 0 Å². The summed E-state index contributed by atoms with van der Waals surface area (Å²) < 4.78 is 0. The number of halogens is 5. The van der Waals surface area contributed by atoms with E-state index in [0.717, 1.165) is 0 Å². The van der Waals surface area contributed by atoms with Crippen LogP contribution in [0.5, 0.6) is 0 Å². The van der Waals surface area contributed by atoms with Crippen LogP contribution in [0.25, 0.3) is 0 Å². The van der Waals surface area contributed by atoms with E-state index in [-0.39, 0.29) is 128 Å². The zero-order valence-corrected chi connectivity index (χ0v) is 14.9. The van der Waals surface area contributed by atoms with Crippen LogP contribution in [0, 0.1) is 0 Å². The van der Waals surface area contributed by atoms with Gasteiger partial charge in [0.05, 0.1) is 0 Å². The average Bonchev–Trinajstić information content (AvgIpc) is 0. The molecule has 0 heterocycles. The molecule has 0 spiro atoms. The van der Waals surface area contributed by atoms with Crippen molar-refractivity contribution in [3.8, 4) is 0 Å². The first-order chi connectivity index (χ1) is 0. The third-order valence-corrected chi connectivity index (χ3v) is 0. The van der Waals surface area contributed by atoms with Gasteiger partial charge in [0.2, 0.25) is 0 Å². The normalized spacial score (nSPS) is 0. The second-order valence-corrected chi connectivity index (χ2v) is 0. The molecule has 40 valence electrons. The van der Waals surface area contributed by atoms with Crippen LogP contribution in [0.4, 0.5) is 0 Å². The van der Waals surface area contributed by atoms with Gasteiger partial charge in [-0.25, -0.2) is 0 Å². The van der Waals surface area contributed by atoms with Crippen molar-refractivity contribution in [1.29, 1.82) is 0 Å². The maximum absolute atomic E-state index is 0. The summed E-state index contributed by atoms with van der Waals surface area (Å²) in [7, 11) is 0. The summed E-state index contributed by atoms with van der Waals surface area (Å²) in [4.78, 5) is 0. The minimum absolute atomic E-state index is 0. The Balaban J connectivity index is 0. The molecule has 0 amide bonds. The van der Waals surface area contributed by atoms with E-state index < -0.39 is 0 Å². The standard InChI is InChI=1S/5BrH.Ga.Mg/h5*1H;;/q;;;;;+3;+2/p-5. The van der Waals surface area contributed by atoms with Gasteiger partial charge >= 0.3 is 42.8 Å². The second kappa shape index (κ2) is 52.5. The van der Waals surface area contributed by atoms with Crippen LogP contribution in [-0.2, 0) is 0 Å². The SMILES string of the molecule is [Br-].[Br-].[Br-].[Br-].[Br-].[Ga+3].[Mg+2]. The fourth-order valence-corrected chi connectivity index (χ4v) is 0. The monoisotopic (exact) mass is 488 g/mol. The largest absolute Gasteiger partial charge is 3.00 e. The van der Waals surface area contributed by atoms with E-state index >= 15 is 0 Å². The van der Waals surface area contributed by atoms with E-state index in [1.165, 1.54) is 0 Å². The predicted octanol–water partition coefficient (Wildman–Crippen LogP) is -15.7. The third-order valence-electron chi connectivity index (χ3n) is 0. The molecule has 7 heavy (non-hydrogen) atoms. The Morgan fingerprint density at radius 3 is 0.429 bits per heavy atom. The van der Waals surface area contributed by atoms with Crippen molar-refractivity contribution in [3.05, 3.63) is 0 Å². The van der Waals surface area contributed by atoms with Gasteiger partial charge in [0, 0.05) is 0 Å². The summed E-state index contributed by atoms with van der Waals surface area (Å²) >= 11 is 0. The molecule has 0 radical (unpaired) electrons. The first-order valence-corrected chi connectivity index (χ1v) is 0. The topological polar surface area (TPSA) is 0 Å². The van der Waals surface area contributed by atoms with Crippen molar-refractivity contribution in [2.24, 2.45) is 0 Å². The van der Waals surface area contributed by atoms with Gasteiger partial charge in [-0.2, -0.15) is 0 Å². The second-order valence-electron chi connectivity index (χ2n) is 0. The molecule has 0 aliphatic heterocycles. The molecule has 0 bridgehead atoms. The number of hydrogen-bond donors (Lipinski definition) is 0. The molecule has 0 rings (SSSR count). The molecule has 0 aliphatic rings. The summed E-state index contributed by atoms with van der Waals surface area (Å²) in [5, 5.41) is 0. The summed E-state index contributed by atoms with van der Waals surface area (Å²) in [6.07, 6.45) is 0. The zero-order chi connectivity index (χ0) is 0. The van der Waals surface area contributed by atoms with Crippen LogP contribution >= 0.6 is 0 Å². The molecular formula is Br5GaMg. The molecule has 0 aliphatic carbocycles. The minimum atomic E-state index is 0. The van der Waals surface area contributed by atoms with Crippen LogP contribution in [0.1, 0.15) is 0 Å². The Kier molecular flexibility index (Phi) is 539. The Morgan fingerprint density at radius 1 is 0.429 bits per heavy atom. The molecule has 0 fully saturated rings. The Labute approximate surface area is 125 Å². The molecule has 0 N–H and O–H groups in total. The van der Waals surface area contributed by atoms with Crippen molar-refractivity contribution in [2.75, 3.05) is 0 Å². The fourth-order valence-electron chi connectivity index (χ4n) is 0. The van der Waals surface area contributed by atoms with E-state index in [2.05, 4.69) is 0 Å². The Morgan fingerprint density at radius 2 is 0.429 bits per heavy atom. The van der Waals surface area contributed by atoms with Gasteiger partial charge in [-0.05, 0) is 0 Å². The molecule has 0 atom stereocenters. The van der Waals surface area contributed by atoms with Crippen molar-refractivity contribution in [1.82, 2.24) is 0 Å². The number of hydrogen-bond acceptors (Lipinski definition) is 0.